The molecule has 0 aliphatic heterocycles. The monoisotopic (exact) mass is 229 g/mol. The van der Waals surface area contributed by atoms with Crippen LogP contribution in [0.5, 0.6) is 5.75 Å². The van der Waals surface area contributed by atoms with Gasteiger partial charge in [-0.25, -0.2) is 8.42 Å². The lowest BCUT2D eigenvalue weighted by Crippen LogP contribution is -2.10. The number of likely N-dealkylation sites (N-methyl/N-ethyl adjacent to an activating group) is 1. The summed E-state index contributed by atoms with van der Waals surface area (Å²) in [7, 11) is -1.42. The van der Waals surface area contributed by atoms with Gasteiger partial charge in [-0.15, -0.1) is 0 Å². The van der Waals surface area contributed by atoms with Crippen LogP contribution in [-0.2, 0) is 16.3 Å². The van der Waals surface area contributed by atoms with Crippen molar-refractivity contribution in [3.05, 3.63) is 23.8 Å². The molecule has 0 saturated heterocycles. The Morgan fingerprint density at radius 1 is 1.40 bits per heavy atom. The van der Waals surface area contributed by atoms with Gasteiger partial charge in [-0.2, -0.15) is 0 Å². The van der Waals surface area contributed by atoms with Crippen LogP contribution in [0, 0.1) is 0 Å². The third kappa shape index (κ3) is 3.21. The van der Waals surface area contributed by atoms with Gasteiger partial charge in [-0.05, 0) is 37.7 Å². The first-order chi connectivity index (χ1) is 6.95. The molecule has 1 aromatic rings. The van der Waals surface area contributed by atoms with Gasteiger partial charge >= 0.3 is 0 Å². The van der Waals surface area contributed by atoms with Crippen LogP contribution in [0.2, 0.25) is 0 Å². The average Bonchev–Trinajstić information content (AvgIpc) is 2.14. The first kappa shape index (κ1) is 12.0. The standard InChI is InChI=1S/C10H15NO3S/c1-11-6-5-8-3-4-9(7-10(8)12)15(2,13)14/h3-4,7,11-12H,5-6H2,1-2H3. The van der Waals surface area contributed by atoms with E-state index in [4.69, 9.17) is 0 Å². The van der Waals surface area contributed by atoms with E-state index in [2.05, 4.69) is 5.32 Å². The number of rotatable bonds is 4. The molecule has 0 radical (unpaired) electrons. The molecule has 0 unspecified atom stereocenters. The van der Waals surface area contributed by atoms with Gasteiger partial charge in [-0.1, -0.05) is 6.07 Å². The number of phenolic OH excluding ortho intramolecular Hbond substituents is 1. The minimum absolute atomic E-state index is 0.0353. The van der Waals surface area contributed by atoms with Crippen LogP contribution in [0.3, 0.4) is 0 Å². The van der Waals surface area contributed by atoms with Crippen LogP contribution in [0.1, 0.15) is 5.56 Å². The van der Waals surface area contributed by atoms with Crippen molar-refractivity contribution in [3.8, 4) is 5.75 Å². The lowest BCUT2D eigenvalue weighted by molar-refractivity contribution is 0.465. The van der Waals surface area contributed by atoms with Gasteiger partial charge in [0.2, 0.25) is 0 Å². The minimum Gasteiger partial charge on any atom is -0.508 e. The molecule has 84 valence electrons. The molecule has 0 atom stereocenters. The first-order valence-corrected chi connectivity index (χ1v) is 6.51. The summed E-state index contributed by atoms with van der Waals surface area (Å²) in [6.07, 6.45) is 1.79. The quantitative estimate of drug-likeness (QED) is 0.791. The molecule has 0 amide bonds. The van der Waals surface area contributed by atoms with Crippen LogP contribution in [0.15, 0.2) is 23.1 Å². The molecule has 0 bridgehead atoms. The van der Waals surface area contributed by atoms with Crippen molar-refractivity contribution in [1.29, 1.82) is 0 Å². The Morgan fingerprint density at radius 3 is 2.53 bits per heavy atom. The molecular formula is C10H15NO3S. The summed E-state index contributed by atoms with van der Waals surface area (Å²) in [4.78, 5) is 0.146. The van der Waals surface area contributed by atoms with Crippen LogP contribution < -0.4 is 5.32 Å². The number of phenols is 1. The third-order valence-electron chi connectivity index (χ3n) is 2.13. The highest BCUT2D eigenvalue weighted by Crippen LogP contribution is 2.21. The molecular weight excluding hydrogens is 214 g/mol. The highest BCUT2D eigenvalue weighted by Gasteiger charge is 2.09. The summed E-state index contributed by atoms with van der Waals surface area (Å²) >= 11 is 0. The van der Waals surface area contributed by atoms with Crippen molar-refractivity contribution in [2.75, 3.05) is 19.8 Å². The predicted octanol–water partition coefficient (Wildman–Crippen LogP) is 0.558. The molecule has 0 heterocycles. The molecule has 0 aliphatic carbocycles. The number of hydrogen-bond donors (Lipinski definition) is 2. The van der Waals surface area contributed by atoms with Gasteiger partial charge in [0, 0.05) is 6.26 Å². The van der Waals surface area contributed by atoms with Crippen LogP contribution >= 0.6 is 0 Å². The summed E-state index contributed by atoms with van der Waals surface area (Å²) in [6.45, 7) is 0.742. The van der Waals surface area contributed by atoms with E-state index in [1.807, 2.05) is 7.05 Å². The topological polar surface area (TPSA) is 66.4 Å². The molecule has 1 rings (SSSR count). The maximum Gasteiger partial charge on any atom is 0.175 e. The fraction of sp³-hybridized carbons (Fsp3) is 0.400. The van der Waals surface area contributed by atoms with Gasteiger partial charge in [0.05, 0.1) is 4.90 Å². The zero-order chi connectivity index (χ0) is 11.5. The largest absolute Gasteiger partial charge is 0.508 e. The van der Waals surface area contributed by atoms with Crippen molar-refractivity contribution < 1.29 is 13.5 Å². The first-order valence-electron chi connectivity index (χ1n) is 4.61. The van der Waals surface area contributed by atoms with E-state index in [9.17, 15) is 13.5 Å². The second kappa shape index (κ2) is 4.63. The Labute approximate surface area is 89.9 Å². The van der Waals surface area contributed by atoms with E-state index in [0.717, 1.165) is 18.4 Å². The Bertz CT molecular complexity index is 440. The fourth-order valence-corrected chi connectivity index (χ4v) is 1.89. The predicted molar refractivity (Wildman–Crippen MR) is 58.8 cm³/mol. The maximum atomic E-state index is 11.2. The second-order valence-electron chi connectivity index (χ2n) is 3.42. The van der Waals surface area contributed by atoms with Crippen molar-refractivity contribution in [2.45, 2.75) is 11.3 Å². The molecule has 0 aromatic heterocycles. The molecule has 15 heavy (non-hydrogen) atoms. The van der Waals surface area contributed by atoms with Crippen LogP contribution in [-0.4, -0.2) is 33.4 Å². The number of aromatic hydroxyl groups is 1. The Hall–Kier alpha value is -1.07. The number of benzene rings is 1. The van der Waals surface area contributed by atoms with E-state index in [1.165, 1.54) is 12.1 Å². The van der Waals surface area contributed by atoms with Gasteiger partial charge < -0.3 is 10.4 Å². The van der Waals surface area contributed by atoms with Crippen molar-refractivity contribution in [3.63, 3.8) is 0 Å². The zero-order valence-electron chi connectivity index (χ0n) is 8.82. The molecule has 4 nitrogen and oxygen atoms in total. The highest BCUT2D eigenvalue weighted by molar-refractivity contribution is 7.90. The molecule has 0 saturated carbocycles. The molecule has 2 N–H and O–H groups in total. The number of nitrogens with one attached hydrogen (secondary N) is 1. The molecule has 5 heteroatoms. The van der Waals surface area contributed by atoms with Gasteiger partial charge in [0.1, 0.15) is 5.75 Å². The van der Waals surface area contributed by atoms with Crippen molar-refractivity contribution in [2.24, 2.45) is 0 Å². The molecule has 0 fully saturated rings. The van der Waals surface area contributed by atoms with E-state index in [1.54, 1.807) is 6.07 Å². The number of hydrogen-bond acceptors (Lipinski definition) is 4. The van der Waals surface area contributed by atoms with E-state index >= 15 is 0 Å². The van der Waals surface area contributed by atoms with E-state index < -0.39 is 9.84 Å². The Balaban J connectivity index is 2.99. The van der Waals surface area contributed by atoms with Crippen molar-refractivity contribution >= 4 is 9.84 Å². The average molecular weight is 229 g/mol. The van der Waals surface area contributed by atoms with Gasteiger partial charge in [0.15, 0.2) is 9.84 Å². The smallest absolute Gasteiger partial charge is 0.175 e. The molecule has 0 spiro atoms. The Morgan fingerprint density at radius 2 is 2.07 bits per heavy atom. The maximum absolute atomic E-state index is 11.2. The molecule has 0 aliphatic rings. The fourth-order valence-electron chi connectivity index (χ4n) is 1.25. The molecule has 1 aromatic carbocycles. The lowest BCUT2D eigenvalue weighted by Gasteiger charge is -2.05. The SMILES string of the molecule is CNCCc1ccc(S(C)(=O)=O)cc1O. The van der Waals surface area contributed by atoms with Crippen LogP contribution in [0.25, 0.3) is 0 Å². The minimum atomic E-state index is -3.24. The zero-order valence-corrected chi connectivity index (χ0v) is 9.63. The number of sulfone groups is 1. The normalized spacial score (nSPS) is 11.6. The van der Waals surface area contributed by atoms with Gasteiger partial charge in [0.25, 0.3) is 0 Å². The summed E-state index contributed by atoms with van der Waals surface area (Å²) in [5.74, 6) is 0.0353. The van der Waals surface area contributed by atoms with Crippen molar-refractivity contribution in [1.82, 2.24) is 5.32 Å². The highest BCUT2D eigenvalue weighted by atomic mass is 32.2. The lowest BCUT2D eigenvalue weighted by atomic mass is 10.1. The summed E-state index contributed by atoms with van der Waals surface area (Å²) in [5, 5.41) is 12.5. The van der Waals surface area contributed by atoms with E-state index in [-0.39, 0.29) is 10.6 Å². The third-order valence-corrected chi connectivity index (χ3v) is 3.24. The summed E-state index contributed by atoms with van der Waals surface area (Å²) in [6, 6.07) is 4.45. The van der Waals surface area contributed by atoms with E-state index in [0.29, 0.717) is 6.42 Å². The summed E-state index contributed by atoms with van der Waals surface area (Å²) in [5.41, 5.74) is 0.747. The Kier molecular flexibility index (Phi) is 3.71. The van der Waals surface area contributed by atoms with Gasteiger partial charge in [-0.3, -0.25) is 0 Å². The summed E-state index contributed by atoms with van der Waals surface area (Å²) < 4.78 is 22.4. The second-order valence-corrected chi connectivity index (χ2v) is 5.43. The van der Waals surface area contributed by atoms with Crippen LogP contribution in [0.4, 0.5) is 0 Å².